The molecule has 0 spiro atoms. The van der Waals surface area contributed by atoms with Crippen LogP contribution in [0.2, 0.25) is 0 Å². The van der Waals surface area contributed by atoms with Crippen LogP contribution < -0.4 is 9.04 Å². The number of ether oxygens (including phenoxy) is 1. The first-order valence-corrected chi connectivity index (χ1v) is 13.4. The fraction of sp³-hybridized carbons (Fsp3) is 0.423. The zero-order valence-corrected chi connectivity index (χ0v) is 21.4. The van der Waals surface area contributed by atoms with Crippen LogP contribution in [0.4, 0.5) is 5.69 Å². The first-order chi connectivity index (χ1) is 16.1. The topological polar surface area (TPSA) is 80.1 Å². The van der Waals surface area contributed by atoms with E-state index < -0.39 is 10.0 Å². The lowest BCUT2D eigenvalue weighted by Crippen LogP contribution is -2.24. The minimum absolute atomic E-state index is 0.150. The molecule has 0 amide bonds. The van der Waals surface area contributed by atoms with Crippen molar-refractivity contribution in [1.29, 1.82) is 0 Å². The Bertz CT molecular complexity index is 1230. The van der Waals surface area contributed by atoms with Gasteiger partial charge in [0.1, 0.15) is 17.1 Å². The van der Waals surface area contributed by atoms with E-state index in [9.17, 15) is 13.2 Å². The highest BCUT2D eigenvalue weighted by atomic mass is 32.2. The van der Waals surface area contributed by atoms with Crippen LogP contribution in [0.5, 0.6) is 5.75 Å². The number of furan rings is 1. The average Bonchev–Trinajstić information content (AvgIpc) is 3.16. The highest BCUT2D eigenvalue weighted by molar-refractivity contribution is 7.92. The normalized spacial score (nSPS) is 11.8. The number of fused-ring (bicyclic) bond motifs is 1. The van der Waals surface area contributed by atoms with Gasteiger partial charge in [0.2, 0.25) is 10.0 Å². The van der Waals surface area contributed by atoms with E-state index in [1.807, 2.05) is 14.1 Å². The first kappa shape index (κ1) is 25.8. The summed E-state index contributed by atoms with van der Waals surface area (Å²) in [5.41, 5.74) is 2.07. The maximum Gasteiger partial charge on any atom is 0.231 e. The number of aryl methyl sites for hydroxylation is 1. The highest BCUT2D eigenvalue weighted by Gasteiger charge is 2.23. The monoisotopic (exact) mass is 486 g/mol. The Hall–Kier alpha value is -2.84. The second-order valence-electron chi connectivity index (χ2n) is 8.77. The summed E-state index contributed by atoms with van der Waals surface area (Å²) in [6.07, 6.45) is 4.55. The van der Waals surface area contributed by atoms with Gasteiger partial charge in [0.15, 0.2) is 5.78 Å². The Labute approximate surface area is 202 Å². The third kappa shape index (κ3) is 6.18. The number of ketones is 1. The van der Waals surface area contributed by atoms with E-state index >= 15 is 0 Å². The molecule has 1 heterocycles. The molecule has 0 saturated carbocycles. The van der Waals surface area contributed by atoms with Gasteiger partial charge >= 0.3 is 0 Å². The molecule has 34 heavy (non-hydrogen) atoms. The molecule has 0 unspecified atom stereocenters. The van der Waals surface area contributed by atoms with Gasteiger partial charge in [-0.15, -0.1) is 0 Å². The molecule has 0 N–H and O–H groups in total. The van der Waals surface area contributed by atoms with Crippen molar-refractivity contribution in [2.75, 3.05) is 44.9 Å². The molecule has 7 nitrogen and oxygen atoms in total. The van der Waals surface area contributed by atoms with Crippen molar-refractivity contribution in [3.63, 3.8) is 0 Å². The van der Waals surface area contributed by atoms with Crippen molar-refractivity contribution in [2.24, 2.45) is 0 Å². The molecule has 0 atom stereocenters. The Balaban J connectivity index is 1.93. The number of hydrogen-bond acceptors (Lipinski definition) is 6. The largest absolute Gasteiger partial charge is 0.494 e. The number of rotatable bonds is 12. The average molecular weight is 487 g/mol. The second-order valence-corrected chi connectivity index (χ2v) is 10.8. The van der Waals surface area contributed by atoms with Crippen molar-refractivity contribution in [3.05, 3.63) is 59.4 Å². The van der Waals surface area contributed by atoms with E-state index in [2.05, 4.69) is 11.8 Å². The lowest BCUT2D eigenvalue weighted by molar-refractivity contribution is 0.103. The molecule has 1 aromatic heterocycles. The van der Waals surface area contributed by atoms with Gasteiger partial charge in [-0.1, -0.05) is 13.3 Å². The number of carbonyl (C=O) groups excluding carboxylic acids is 1. The SMILES string of the molecule is CCCCc1oc2ccc(N(C)S(C)(=O)=O)cc2c1C(=O)c1ccc(OCCCN(C)C)cc1. The third-order valence-electron chi connectivity index (χ3n) is 5.72. The summed E-state index contributed by atoms with van der Waals surface area (Å²) in [7, 11) is 2.11. The van der Waals surface area contributed by atoms with Crippen LogP contribution in [-0.2, 0) is 16.4 Å². The number of unbranched alkanes of at least 4 members (excludes halogenated alkanes) is 1. The quantitative estimate of drug-likeness (QED) is 0.272. The smallest absolute Gasteiger partial charge is 0.231 e. The molecule has 0 fully saturated rings. The Morgan fingerprint density at radius 2 is 1.74 bits per heavy atom. The second kappa shape index (κ2) is 11.1. The molecular formula is C26H34N2O5S. The summed E-state index contributed by atoms with van der Waals surface area (Å²) in [5.74, 6) is 1.20. The number of benzene rings is 2. The van der Waals surface area contributed by atoms with Crippen LogP contribution in [0.1, 0.15) is 47.9 Å². The van der Waals surface area contributed by atoms with Crippen molar-refractivity contribution < 1.29 is 22.4 Å². The van der Waals surface area contributed by atoms with Gasteiger partial charge in [0.05, 0.1) is 24.1 Å². The van der Waals surface area contributed by atoms with Gasteiger partial charge < -0.3 is 14.1 Å². The zero-order valence-electron chi connectivity index (χ0n) is 20.6. The van der Waals surface area contributed by atoms with Crippen molar-refractivity contribution in [2.45, 2.75) is 32.6 Å². The fourth-order valence-corrected chi connectivity index (χ4v) is 4.20. The standard InChI is InChI=1S/C26H34N2O5S/c1-6-7-9-24-25(22-18-20(12-15-23(22)33-24)28(4)34(5,30)31)26(29)19-10-13-21(14-11-19)32-17-8-16-27(2)3/h10-15,18H,6-9,16-17H2,1-5H3. The molecule has 0 aliphatic rings. The molecule has 184 valence electrons. The Kier molecular flexibility index (Phi) is 8.38. The third-order valence-corrected chi connectivity index (χ3v) is 6.93. The molecule has 2 aromatic carbocycles. The van der Waals surface area contributed by atoms with Crippen LogP contribution in [0, 0.1) is 0 Å². The van der Waals surface area contributed by atoms with Crippen LogP contribution in [0.15, 0.2) is 46.9 Å². The first-order valence-electron chi connectivity index (χ1n) is 11.5. The molecule has 3 rings (SSSR count). The predicted octanol–water partition coefficient (Wildman–Crippen LogP) is 4.73. The molecule has 0 aliphatic carbocycles. The summed E-state index contributed by atoms with van der Waals surface area (Å²) < 4.78 is 37.1. The molecule has 8 heteroatoms. The maximum absolute atomic E-state index is 13.6. The summed E-state index contributed by atoms with van der Waals surface area (Å²) >= 11 is 0. The van der Waals surface area contributed by atoms with Gasteiger partial charge in [-0.2, -0.15) is 0 Å². The van der Waals surface area contributed by atoms with E-state index in [0.29, 0.717) is 46.6 Å². The lowest BCUT2D eigenvalue weighted by Gasteiger charge is -2.16. The molecule has 0 bridgehead atoms. The van der Waals surface area contributed by atoms with Crippen LogP contribution in [-0.4, -0.2) is 59.7 Å². The summed E-state index contributed by atoms with van der Waals surface area (Å²) in [5, 5.41) is 0.619. The van der Waals surface area contributed by atoms with Crippen LogP contribution in [0.25, 0.3) is 11.0 Å². The van der Waals surface area contributed by atoms with Gasteiger partial charge in [0, 0.05) is 31.0 Å². The van der Waals surface area contributed by atoms with Crippen LogP contribution in [0.3, 0.4) is 0 Å². The Morgan fingerprint density at radius 3 is 2.35 bits per heavy atom. The Morgan fingerprint density at radius 1 is 1.03 bits per heavy atom. The summed E-state index contributed by atoms with van der Waals surface area (Å²) in [6, 6.07) is 12.3. The zero-order chi connectivity index (χ0) is 24.9. The number of hydrogen-bond donors (Lipinski definition) is 0. The minimum atomic E-state index is -3.44. The fourth-order valence-electron chi connectivity index (χ4n) is 3.70. The maximum atomic E-state index is 13.6. The molecule has 0 saturated heterocycles. The van der Waals surface area contributed by atoms with E-state index in [-0.39, 0.29) is 5.78 Å². The minimum Gasteiger partial charge on any atom is -0.494 e. The van der Waals surface area contributed by atoms with E-state index in [1.165, 1.54) is 11.4 Å². The number of sulfonamides is 1. The van der Waals surface area contributed by atoms with E-state index in [0.717, 1.165) is 37.8 Å². The highest BCUT2D eigenvalue weighted by Crippen LogP contribution is 2.33. The molecule has 0 radical (unpaired) electrons. The number of carbonyl (C=O) groups is 1. The van der Waals surface area contributed by atoms with Gasteiger partial charge in [0.25, 0.3) is 0 Å². The number of anilines is 1. The molecule has 0 aliphatic heterocycles. The van der Waals surface area contributed by atoms with Gasteiger partial charge in [-0.25, -0.2) is 8.42 Å². The number of nitrogens with zero attached hydrogens (tertiary/aromatic N) is 2. The van der Waals surface area contributed by atoms with E-state index in [1.54, 1.807) is 42.5 Å². The van der Waals surface area contributed by atoms with E-state index in [4.69, 9.17) is 9.15 Å². The van der Waals surface area contributed by atoms with Crippen LogP contribution >= 0.6 is 0 Å². The predicted molar refractivity (Wildman–Crippen MR) is 137 cm³/mol. The van der Waals surface area contributed by atoms with Gasteiger partial charge in [-0.3, -0.25) is 9.10 Å². The van der Waals surface area contributed by atoms with Gasteiger partial charge in [-0.05, 0) is 69.4 Å². The summed E-state index contributed by atoms with van der Waals surface area (Å²) in [4.78, 5) is 15.7. The summed E-state index contributed by atoms with van der Waals surface area (Å²) in [6.45, 7) is 3.64. The lowest BCUT2D eigenvalue weighted by atomic mass is 9.98. The van der Waals surface area contributed by atoms with Crippen molar-refractivity contribution in [1.82, 2.24) is 4.90 Å². The molecule has 3 aromatic rings. The van der Waals surface area contributed by atoms with Crippen molar-refractivity contribution in [3.8, 4) is 5.75 Å². The molecular weight excluding hydrogens is 452 g/mol. The van der Waals surface area contributed by atoms with Crippen molar-refractivity contribution >= 4 is 32.5 Å².